The van der Waals surface area contributed by atoms with Crippen molar-refractivity contribution in [1.82, 2.24) is 5.43 Å². The third-order valence-corrected chi connectivity index (χ3v) is 4.70. The maximum absolute atomic E-state index is 11.8. The first-order chi connectivity index (χ1) is 13.0. The number of hydrogen-bond acceptors (Lipinski definition) is 4. The molecule has 0 bridgehead atoms. The molecular weight excluding hydrogens is 455 g/mol. The molecule has 6 heteroatoms. The van der Waals surface area contributed by atoms with Crippen LogP contribution in [0, 0.1) is 17.4 Å². The molecule has 1 heterocycles. The molecular formula is C21H19IN2O3. The van der Waals surface area contributed by atoms with Crippen molar-refractivity contribution in [2.24, 2.45) is 5.10 Å². The van der Waals surface area contributed by atoms with E-state index in [0.29, 0.717) is 11.5 Å². The highest BCUT2D eigenvalue weighted by atomic mass is 127. The number of carbonyl (C=O) groups is 1. The fraction of sp³-hybridized carbons (Fsp3) is 0.143. The fourth-order valence-electron chi connectivity index (χ4n) is 2.34. The topological polar surface area (TPSA) is 63.8 Å². The maximum Gasteiger partial charge on any atom is 0.277 e. The van der Waals surface area contributed by atoms with Gasteiger partial charge in [-0.05, 0) is 84.0 Å². The summed E-state index contributed by atoms with van der Waals surface area (Å²) in [5.74, 6) is 1.62. The van der Waals surface area contributed by atoms with E-state index in [2.05, 4.69) is 33.1 Å². The molecule has 0 spiro atoms. The predicted molar refractivity (Wildman–Crippen MR) is 114 cm³/mol. The number of nitrogens with one attached hydrogen (secondary N) is 1. The van der Waals surface area contributed by atoms with Gasteiger partial charge in [0, 0.05) is 9.13 Å². The van der Waals surface area contributed by atoms with E-state index in [1.165, 1.54) is 11.8 Å². The van der Waals surface area contributed by atoms with Crippen LogP contribution in [-0.2, 0) is 4.79 Å². The Bertz CT molecular complexity index is 962. The molecule has 0 aliphatic heterocycles. The number of benzene rings is 2. The molecule has 0 radical (unpaired) electrons. The summed E-state index contributed by atoms with van der Waals surface area (Å²) in [5.41, 5.74) is 5.71. The van der Waals surface area contributed by atoms with Crippen LogP contribution in [0.1, 0.15) is 16.9 Å². The molecule has 2 aromatic carbocycles. The average Bonchev–Trinajstić information content (AvgIpc) is 3.12. The lowest BCUT2D eigenvalue weighted by atomic mass is 10.1. The smallest absolute Gasteiger partial charge is 0.277 e. The molecule has 0 saturated carbocycles. The van der Waals surface area contributed by atoms with Crippen LogP contribution in [0.15, 0.2) is 64.1 Å². The summed E-state index contributed by atoms with van der Waals surface area (Å²) < 4.78 is 12.3. The Hall–Kier alpha value is -2.61. The normalized spacial score (nSPS) is 10.9. The van der Waals surface area contributed by atoms with Crippen LogP contribution in [0.4, 0.5) is 0 Å². The van der Waals surface area contributed by atoms with Crippen molar-refractivity contribution < 1.29 is 13.9 Å². The summed E-state index contributed by atoms with van der Waals surface area (Å²) in [6.45, 7) is 3.92. The number of nitrogens with zero attached hydrogens (tertiary/aromatic N) is 1. The van der Waals surface area contributed by atoms with Gasteiger partial charge in [0.2, 0.25) is 0 Å². The summed E-state index contributed by atoms with van der Waals surface area (Å²) >= 11 is 2.26. The van der Waals surface area contributed by atoms with Gasteiger partial charge in [-0.25, -0.2) is 5.43 Å². The van der Waals surface area contributed by atoms with E-state index in [0.717, 1.165) is 20.5 Å². The fourth-order valence-corrected chi connectivity index (χ4v) is 2.70. The number of ether oxygens (including phenoxy) is 1. The summed E-state index contributed by atoms with van der Waals surface area (Å²) in [6, 6.07) is 17.4. The summed E-state index contributed by atoms with van der Waals surface area (Å²) in [7, 11) is 0. The van der Waals surface area contributed by atoms with Crippen LogP contribution in [0.5, 0.6) is 5.75 Å². The van der Waals surface area contributed by atoms with Crippen LogP contribution in [0.3, 0.4) is 0 Å². The van der Waals surface area contributed by atoms with Gasteiger partial charge in [0.25, 0.3) is 5.91 Å². The Kier molecular flexibility index (Phi) is 6.28. The number of hydrogen-bond donors (Lipinski definition) is 1. The van der Waals surface area contributed by atoms with E-state index in [1.54, 1.807) is 6.07 Å². The Morgan fingerprint density at radius 2 is 1.89 bits per heavy atom. The molecule has 3 rings (SSSR count). The molecule has 1 amide bonds. The van der Waals surface area contributed by atoms with Crippen molar-refractivity contribution in [2.45, 2.75) is 13.8 Å². The first-order valence-corrected chi connectivity index (χ1v) is 9.47. The highest BCUT2D eigenvalue weighted by molar-refractivity contribution is 14.1. The van der Waals surface area contributed by atoms with E-state index < -0.39 is 0 Å². The molecule has 0 unspecified atom stereocenters. The molecule has 0 aliphatic carbocycles. The van der Waals surface area contributed by atoms with Gasteiger partial charge >= 0.3 is 0 Å². The molecule has 138 valence electrons. The van der Waals surface area contributed by atoms with Crippen molar-refractivity contribution in [3.05, 3.63) is 75.1 Å². The van der Waals surface area contributed by atoms with Crippen molar-refractivity contribution in [1.29, 1.82) is 0 Å². The molecule has 0 aliphatic rings. The quantitative estimate of drug-likeness (QED) is 0.320. The third kappa shape index (κ3) is 5.43. The zero-order valence-corrected chi connectivity index (χ0v) is 17.2. The first-order valence-electron chi connectivity index (χ1n) is 8.39. The van der Waals surface area contributed by atoms with Gasteiger partial charge in [0.05, 0.1) is 6.21 Å². The molecule has 0 atom stereocenters. The average molecular weight is 474 g/mol. The van der Waals surface area contributed by atoms with Gasteiger partial charge in [0.1, 0.15) is 17.3 Å². The van der Waals surface area contributed by atoms with Crippen molar-refractivity contribution >= 4 is 34.7 Å². The molecule has 3 aromatic rings. The third-order valence-electron chi connectivity index (χ3n) is 3.98. The Morgan fingerprint density at radius 1 is 1.11 bits per heavy atom. The number of carbonyl (C=O) groups excluding carboxylic acids is 1. The maximum atomic E-state index is 11.8. The number of hydrazone groups is 1. The van der Waals surface area contributed by atoms with E-state index in [1.807, 2.05) is 62.4 Å². The van der Waals surface area contributed by atoms with E-state index >= 15 is 0 Å². The van der Waals surface area contributed by atoms with Gasteiger partial charge in [-0.15, -0.1) is 0 Å². The molecule has 27 heavy (non-hydrogen) atoms. The van der Waals surface area contributed by atoms with Crippen LogP contribution in [0.2, 0.25) is 0 Å². The number of furan rings is 1. The lowest BCUT2D eigenvalue weighted by molar-refractivity contribution is -0.123. The highest BCUT2D eigenvalue weighted by Crippen LogP contribution is 2.22. The standard InChI is InChI=1S/C21H19IN2O3/c1-14-3-8-18(11-15(14)2)26-13-21(25)24-23-12-19-9-10-20(27-19)16-4-6-17(22)7-5-16/h3-12H,13H2,1-2H3,(H,24,25). The summed E-state index contributed by atoms with van der Waals surface area (Å²) in [4.78, 5) is 11.8. The Morgan fingerprint density at radius 3 is 2.63 bits per heavy atom. The second-order valence-electron chi connectivity index (χ2n) is 6.04. The van der Waals surface area contributed by atoms with E-state index in [4.69, 9.17) is 9.15 Å². The molecule has 1 N–H and O–H groups in total. The van der Waals surface area contributed by atoms with Crippen LogP contribution in [0.25, 0.3) is 11.3 Å². The Balaban J connectivity index is 1.50. The van der Waals surface area contributed by atoms with Gasteiger partial charge in [-0.2, -0.15) is 5.10 Å². The molecule has 1 aromatic heterocycles. The lowest BCUT2D eigenvalue weighted by Gasteiger charge is -2.07. The molecule has 0 fully saturated rings. The number of aryl methyl sites for hydroxylation is 2. The first kappa shape index (κ1) is 19.2. The van der Waals surface area contributed by atoms with E-state index in [-0.39, 0.29) is 12.5 Å². The Labute approximate surface area is 171 Å². The largest absolute Gasteiger partial charge is 0.484 e. The van der Waals surface area contributed by atoms with Gasteiger partial charge in [-0.3, -0.25) is 4.79 Å². The van der Waals surface area contributed by atoms with Crippen molar-refractivity contribution in [3.8, 4) is 17.1 Å². The number of halogens is 1. The zero-order chi connectivity index (χ0) is 19.2. The van der Waals surface area contributed by atoms with Crippen LogP contribution >= 0.6 is 22.6 Å². The van der Waals surface area contributed by atoms with Gasteiger partial charge in [-0.1, -0.05) is 18.2 Å². The monoisotopic (exact) mass is 474 g/mol. The van der Waals surface area contributed by atoms with Crippen molar-refractivity contribution in [2.75, 3.05) is 6.61 Å². The summed E-state index contributed by atoms with van der Waals surface area (Å²) in [5, 5.41) is 3.91. The minimum Gasteiger partial charge on any atom is -0.484 e. The molecule has 0 saturated heterocycles. The number of amides is 1. The van der Waals surface area contributed by atoms with E-state index in [9.17, 15) is 4.79 Å². The lowest BCUT2D eigenvalue weighted by Crippen LogP contribution is -2.24. The SMILES string of the molecule is Cc1ccc(OCC(=O)NN=Cc2ccc(-c3ccc(I)cc3)o2)cc1C. The van der Waals surface area contributed by atoms with Crippen LogP contribution in [-0.4, -0.2) is 18.7 Å². The summed E-state index contributed by atoms with van der Waals surface area (Å²) in [6.07, 6.45) is 1.46. The zero-order valence-electron chi connectivity index (χ0n) is 15.0. The predicted octanol–water partition coefficient (Wildman–Crippen LogP) is 4.70. The second-order valence-corrected chi connectivity index (χ2v) is 7.28. The van der Waals surface area contributed by atoms with Crippen LogP contribution < -0.4 is 10.2 Å². The second kappa shape index (κ2) is 8.85. The van der Waals surface area contributed by atoms with Crippen molar-refractivity contribution in [3.63, 3.8) is 0 Å². The number of rotatable bonds is 6. The highest BCUT2D eigenvalue weighted by Gasteiger charge is 2.05. The molecule has 5 nitrogen and oxygen atoms in total. The van der Waals surface area contributed by atoms with Gasteiger partial charge in [0.15, 0.2) is 6.61 Å². The minimum absolute atomic E-state index is 0.105. The van der Waals surface area contributed by atoms with Gasteiger partial charge < -0.3 is 9.15 Å². The minimum atomic E-state index is -0.339.